The van der Waals surface area contributed by atoms with E-state index in [2.05, 4.69) is 5.32 Å². The van der Waals surface area contributed by atoms with Gasteiger partial charge in [-0.2, -0.15) is 0 Å². The van der Waals surface area contributed by atoms with Crippen LogP contribution in [0.2, 0.25) is 0 Å². The van der Waals surface area contributed by atoms with Gasteiger partial charge in [0.05, 0.1) is 5.56 Å². The first-order chi connectivity index (χ1) is 8.22. The molecule has 0 aliphatic rings. The first-order valence-electron chi connectivity index (χ1n) is 5.72. The Morgan fingerprint density at radius 1 is 1.24 bits per heavy atom. The molecule has 2 aromatic carbocycles. The van der Waals surface area contributed by atoms with E-state index in [0.717, 1.165) is 17.2 Å². The maximum atomic E-state index is 11.8. The maximum absolute atomic E-state index is 11.8. The van der Waals surface area contributed by atoms with E-state index in [9.17, 15) is 9.90 Å². The van der Waals surface area contributed by atoms with Gasteiger partial charge in [-0.1, -0.05) is 31.2 Å². The van der Waals surface area contributed by atoms with E-state index < -0.39 is 0 Å². The lowest BCUT2D eigenvalue weighted by molar-refractivity contribution is 0.0951. The topological polar surface area (TPSA) is 49.3 Å². The van der Waals surface area contributed by atoms with Gasteiger partial charge in [0.25, 0.3) is 5.91 Å². The van der Waals surface area contributed by atoms with Crippen LogP contribution in [0.25, 0.3) is 10.8 Å². The van der Waals surface area contributed by atoms with Crippen LogP contribution in [0.4, 0.5) is 0 Å². The van der Waals surface area contributed by atoms with Crippen molar-refractivity contribution in [3.8, 4) is 5.75 Å². The second-order valence-electron chi connectivity index (χ2n) is 3.97. The molecule has 1 amide bonds. The second kappa shape index (κ2) is 4.87. The predicted octanol–water partition coefficient (Wildman–Crippen LogP) is 2.69. The molecule has 2 aromatic rings. The number of carbonyl (C=O) groups is 1. The van der Waals surface area contributed by atoms with E-state index in [1.54, 1.807) is 12.1 Å². The Labute approximate surface area is 100 Å². The zero-order valence-electron chi connectivity index (χ0n) is 9.73. The summed E-state index contributed by atoms with van der Waals surface area (Å²) in [6.07, 6.45) is 0.875. The summed E-state index contributed by atoms with van der Waals surface area (Å²) in [6, 6.07) is 11.0. The van der Waals surface area contributed by atoms with Gasteiger partial charge in [0.2, 0.25) is 0 Å². The van der Waals surface area contributed by atoms with Gasteiger partial charge in [-0.3, -0.25) is 4.79 Å². The number of benzene rings is 2. The Kier molecular flexibility index (Phi) is 3.28. The van der Waals surface area contributed by atoms with Crippen molar-refractivity contribution in [2.75, 3.05) is 6.54 Å². The lowest BCUT2D eigenvalue weighted by Gasteiger charge is -2.07. The first-order valence-corrected chi connectivity index (χ1v) is 5.72. The third-order valence-corrected chi connectivity index (χ3v) is 2.64. The van der Waals surface area contributed by atoms with Crippen LogP contribution in [0.1, 0.15) is 23.7 Å². The molecule has 2 rings (SSSR count). The summed E-state index contributed by atoms with van der Waals surface area (Å²) in [5.41, 5.74) is 0.331. The Morgan fingerprint density at radius 2 is 1.88 bits per heavy atom. The molecule has 0 saturated heterocycles. The normalized spacial score (nSPS) is 10.4. The van der Waals surface area contributed by atoms with Crippen molar-refractivity contribution in [2.24, 2.45) is 0 Å². The van der Waals surface area contributed by atoms with Gasteiger partial charge in [-0.25, -0.2) is 0 Å². The summed E-state index contributed by atoms with van der Waals surface area (Å²) < 4.78 is 0. The fourth-order valence-corrected chi connectivity index (χ4v) is 1.74. The molecular formula is C14H15NO2. The average Bonchev–Trinajstić information content (AvgIpc) is 2.35. The third-order valence-electron chi connectivity index (χ3n) is 2.64. The monoisotopic (exact) mass is 229 g/mol. The SMILES string of the molecule is CCCNC(=O)c1cc2ccccc2cc1O. The fraction of sp³-hybridized carbons (Fsp3) is 0.214. The molecule has 0 bridgehead atoms. The minimum atomic E-state index is -0.227. The predicted molar refractivity (Wildman–Crippen MR) is 68.2 cm³/mol. The number of aromatic hydroxyl groups is 1. The van der Waals surface area contributed by atoms with Crippen LogP contribution in [0.5, 0.6) is 5.75 Å². The van der Waals surface area contributed by atoms with E-state index in [0.29, 0.717) is 12.1 Å². The number of carbonyl (C=O) groups excluding carboxylic acids is 1. The lowest BCUT2D eigenvalue weighted by Crippen LogP contribution is -2.23. The molecule has 0 spiro atoms. The van der Waals surface area contributed by atoms with E-state index in [4.69, 9.17) is 0 Å². The summed E-state index contributed by atoms with van der Waals surface area (Å²) in [4.78, 5) is 11.8. The molecule has 0 heterocycles. The second-order valence-corrected chi connectivity index (χ2v) is 3.97. The molecule has 17 heavy (non-hydrogen) atoms. The van der Waals surface area contributed by atoms with E-state index in [1.165, 1.54) is 0 Å². The molecule has 3 nitrogen and oxygen atoms in total. The van der Waals surface area contributed by atoms with Crippen LogP contribution in [0, 0.1) is 0 Å². The molecule has 88 valence electrons. The summed E-state index contributed by atoms with van der Waals surface area (Å²) in [5.74, 6) is -0.201. The Balaban J connectivity index is 2.40. The molecule has 0 unspecified atom stereocenters. The smallest absolute Gasteiger partial charge is 0.255 e. The minimum absolute atomic E-state index is 0.0253. The fourth-order valence-electron chi connectivity index (χ4n) is 1.74. The zero-order chi connectivity index (χ0) is 12.3. The summed E-state index contributed by atoms with van der Waals surface area (Å²) in [5, 5.41) is 14.5. The van der Waals surface area contributed by atoms with Crippen LogP contribution in [-0.2, 0) is 0 Å². The van der Waals surface area contributed by atoms with Crippen LogP contribution in [0.15, 0.2) is 36.4 Å². The third kappa shape index (κ3) is 2.38. The minimum Gasteiger partial charge on any atom is -0.507 e. The van der Waals surface area contributed by atoms with Gasteiger partial charge < -0.3 is 10.4 Å². The summed E-state index contributed by atoms with van der Waals surface area (Å²) in [6.45, 7) is 2.60. The van der Waals surface area contributed by atoms with Gasteiger partial charge in [-0.15, -0.1) is 0 Å². The average molecular weight is 229 g/mol. The Hall–Kier alpha value is -2.03. The lowest BCUT2D eigenvalue weighted by atomic mass is 10.1. The molecule has 0 aromatic heterocycles. The standard InChI is InChI=1S/C14H15NO2/c1-2-7-15-14(17)12-8-10-5-3-4-6-11(10)9-13(12)16/h3-6,8-9,16H,2,7H2,1H3,(H,15,17). The van der Waals surface area contributed by atoms with E-state index in [-0.39, 0.29) is 11.7 Å². The maximum Gasteiger partial charge on any atom is 0.255 e. The van der Waals surface area contributed by atoms with Gasteiger partial charge in [0, 0.05) is 6.54 Å². The van der Waals surface area contributed by atoms with Gasteiger partial charge in [0.1, 0.15) is 5.75 Å². The van der Waals surface area contributed by atoms with Gasteiger partial charge >= 0.3 is 0 Å². The first kappa shape index (κ1) is 11.5. The van der Waals surface area contributed by atoms with Crippen molar-refractivity contribution in [3.05, 3.63) is 42.0 Å². The molecule has 0 saturated carbocycles. The van der Waals surface area contributed by atoms with Crippen LogP contribution in [-0.4, -0.2) is 17.6 Å². The molecular weight excluding hydrogens is 214 g/mol. The highest BCUT2D eigenvalue weighted by Crippen LogP contribution is 2.24. The number of phenolic OH excluding ortho intramolecular Hbond substituents is 1. The number of rotatable bonds is 3. The van der Waals surface area contributed by atoms with E-state index in [1.807, 2.05) is 31.2 Å². The number of amides is 1. The molecule has 0 radical (unpaired) electrons. The number of hydrogen-bond acceptors (Lipinski definition) is 2. The Morgan fingerprint density at radius 3 is 2.53 bits per heavy atom. The van der Waals surface area contributed by atoms with Crippen LogP contribution in [0.3, 0.4) is 0 Å². The quantitative estimate of drug-likeness (QED) is 0.850. The summed E-state index contributed by atoms with van der Waals surface area (Å²) in [7, 11) is 0. The highest BCUT2D eigenvalue weighted by atomic mass is 16.3. The number of hydrogen-bond donors (Lipinski definition) is 2. The number of fused-ring (bicyclic) bond motifs is 1. The van der Waals surface area contributed by atoms with Gasteiger partial charge in [0.15, 0.2) is 0 Å². The molecule has 2 N–H and O–H groups in total. The van der Waals surface area contributed by atoms with Crippen molar-refractivity contribution in [2.45, 2.75) is 13.3 Å². The molecule has 0 aliphatic heterocycles. The van der Waals surface area contributed by atoms with Crippen molar-refractivity contribution in [3.63, 3.8) is 0 Å². The van der Waals surface area contributed by atoms with Crippen LogP contribution >= 0.6 is 0 Å². The Bertz CT molecular complexity index is 549. The van der Waals surface area contributed by atoms with Crippen molar-refractivity contribution >= 4 is 16.7 Å². The largest absolute Gasteiger partial charge is 0.507 e. The van der Waals surface area contributed by atoms with Crippen LogP contribution < -0.4 is 5.32 Å². The highest BCUT2D eigenvalue weighted by Gasteiger charge is 2.11. The molecule has 0 aliphatic carbocycles. The number of phenols is 1. The van der Waals surface area contributed by atoms with E-state index >= 15 is 0 Å². The van der Waals surface area contributed by atoms with Crippen molar-refractivity contribution < 1.29 is 9.90 Å². The van der Waals surface area contributed by atoms with Crippen molar-refractivity contribution in [1.82, 2.24) is 5.32 Å². The zero-order valence-corrected chi connectivity index (χ0v) is 9.73. The number of nitrogens with one attached hydrogen (secondary N) is 1. The molecule has 3 heteroatoms. The molecule has 0 fully saturated rings. The van der Waals surface area contributed by atoms with Crippen molar-refractivity contribution in [1.29, 1.82) is 0 Å². The van der Waals surface area contributed by atoms with Gasteiger partial charge in [-0.05, 0) is 29.3 Å². The highest BCUT2D eigenvalue weighted by molar-refractivity contribution is 6.01. The molecule has 0 atom stereocenters. The summed E-state index contributed by atoms with van der Waals surface area (Å²) >= 11 is 0.